The second-order valence-electron chi connectivity index (χ2n) is 1.73. The Kier molecular flexibility index (Phi) is 1.76. The lowest BCUT2D eigenvalue weighted by Gasteiger charge is -2.05. The predicted octanol–water partition coefficient (Wildman–Crippen LogP) is 1.49. The van der Waals surface area contributed by atoms with Gasteiger partial charge in [0, 0.05) is 0 Å². The molecule has 0 aliphatic carbocycles. The predicted molar refractivity (Wildman–Crippen MR) is 29.7 cm³/mol. The van der Waals surface area contributed by atoms with E-state index in [1.54, 1.807) is 0 Å². The van der Waals surface area contributed by atoms with E-state index in [1.807, 2.05) is 0 Å². The lowest BCUT2D eigenvalue weighted by atomic mass is 10.5. The summed E-state index contributed by atoms with van der Waals surface area (Å²) in [6, 6.07) is 0. The molecule has 6 heteroatoms. The van der Waals surface area contributed by atoms with Crippen molar-refractivity contribution in [2.45, 2.75) is 6.36 Å². The van der Waals surface area contributed by atoms with Crippen LogP contribution in [0.5, 0.6) is 5.88 Å². The molecule has 0 aliphatic rings. The molecule has 0 aliphatic heterocycles. The number of halogens is 3. The summed E-state index contributed by atoms with van der Waals surface area (Å²) in [4.78, 5) is 5.58. The van der Waals surface area contributed by atoms with Crippen LogP contribution in [0.2, 0.25) is 0 Å². The Morgan fingerprint density at radius 1 is 1.55 bits per heavy atom. The number of H-pyrrole nitrogens is 1. The number of rotatable bonds is 1. The van der Waals surface area contributed by atoms with Crippen LogP contribution in [0.1, 0.15) is 5.69 Å². The SMILES string of the molecule is [CH2]c1[nH]cnc1OC(F)(F)F. The number of imidazole rings is 1. The van der Waals surface area contributed by atoms with Crippen LogP contribution >= 0.6 is 0 Å². The average molecular weight is 165 g/mol. The number of nitrogens with zero attached hydrogens (tertiary/aromatic N) is 1. The minimum Gasteiger partial charge on any atom is -0.386 e. The summed E-state index contributed by atoms with van der Waals surface area (Å²) in [6.45, 7) is 3.22. The van der Waals surface area contributed by atoms with Crippen LogP contribution in [0, 0.1) is 6.92 Å². The molecular weight excluding hydrogens is 161 g/mol. The van der Waals surface area contributed by atoms with E-state index in [-0.39, 0.29) is 5.69 Å². The Bertz CT molecular complexity index is 242. The summed E-state index contributed by atoms with van der Waals surface area (Å²) in [5, 5.41) is 0. The zero-order valence-corrected chi connectivity index (χ0v) is 5.27. The molecule has 0 amide bonds. The second-order valence-corrected chi connectivity index (χ2v) is 1.73. The van der Waals surface area contributed by atoms with Gasteiger partial charge in [0.2, 0.25) is 5.88 Å². The van der Waals surface area contributed by atoms with Crippen LogP contribution in [-0.2, 0) is 0 Å². The number of aromatic nitrogens is 2. The lowest BCUT2D eigenvalue weighted by molar-refractivity contribution is -0.276. The lowest BCUT2D eigenvalue weighted by Crippen LogP contribution is -2.17. The van der Waals surface area contributed by atoms with Crippen LogP contribution in [0.25, 0.3) is 0 Å². The van der Waals surface area contributed by atoms with Gasteiger partial charge in [0.25, 0.3) is 0 Å². The minimum atomic E-state index is -4.71. The molecule has 1 aromatic rings. The summed E-state index contributed by atoms with van der Waals surface area (Å²) < 4.78 is 38.0. The van der Waals surface area contributed by atoms with E-state index in [0.717, 1.165) is 6.33 Å². The smallest absolute Gasteiger partial charge is 0.386 e. The molecule has 11 heavy (non-hydrogen) atoms. The van der Waals surface area contributed by atoms with Gasteiger partial charge in [-0.1, -0.05) is 0 Å². The van der Waals surface area contributed by atoms with Gasteiger partial charge >= 0.3 is 6.36 Å². The molecule has 0 saturated heterocycles. The van der Waals surface area contributed by atoms with Crippen molar-refractivity contribution in [1.29, 1.82) is 0 Å². The molecule has 0 atom stereocenters. The third-order valence-electron chi connectivity index (χ3n) is 0.891. The van der Waals surface area contributed by atoms with Gasteiger partial charge in [-0.2, -0.15) is 0 Å². The number of hydrogen-bond acceptors (Lipinski definition) is 2. The standard InChI is InChI=1S/C5H4F3N2O/c1-3-4(10-2-9-3)11-5(6,7)8/h2H,1H2,(H,9,10). The molecule has 0 bridgehead atoms. The largest absolute Gasteiger partial charge is 0.574 e. The van der Waals surface area contributed by atoms with Gasteiger partial charge in [-0.05, 0) is 6.92 Å². The molecule has 0 unspecified atom stereocenters. The van der Waals surface area contributed by atoms with Gasteiger partial charge in [-0.15, -0.1) is 13.2 Å². The van der Waals surface area contributed by atoms with Crippen molar-refractivity contribution in [3.63, 3.8) is 0 Å². The van der Waals surface area contributed by atoms with E-state index in [9.17, 15) is 13.2 Å². The zero-order valence-electron chi connectivity index (χ0n) is 5.27. The van der Waals surface area contributed by atoms with E-state index in [2.05, 4.69) is 21.6 Å². The average Bonchev–Trinajstić information content (AvgIpc) is 2.12. The fourth-order valence-electron chi connectivity index (χ4n) is 0.506. The maximum Gasteiger partial charge on any atom is 0.574 e. The Morgan fingerprint density at radius 3 is 2.55 bits per heavy atom. The van der Waals surface area contributed by atoms with Gasteiger partial charge in [-0.25, -0.2) is 4.98 Å². The normalized spacial score (nSPS) is 11.6. The number of alkyl halides is 3. The van der Waals surface area contributed by atoms with Crippen molar-refractivity contribution in [2.75, 3.05) is 0 Å². The molecule has 1 radical (unpaired) electrons. The first-order valence-corrected chi connectivity index (χ1v) is 2.60. The van der Waals surface area contributed by atoms with Gasteiger partial charge in [0.1, 0.15) is 0 Å². The highest BCUT2D eigenvalue weighted by Gasteiger charge is 2.32. The molecule has 3 nitrogen and oxygen atoms in total. The first-order chi connectivity index (χ1) is 4.99. The molecule has 0 fully saturated rings. The highest BCUT2D eigenvalue weighted by molar-refractivity contribution is 5.20. The van der Waals surface area contributed by atoms with Gasteiger partial charge in [0.15, 0.2) is 0 Å². The summed E-state index contributed by atoms with van der Waals surface area (Å²) in [5.74, 6) is -0.544. The Labute approximate surface area is 60.2 Å². The first-order valence-electron chi connectivity index (χ1n) is 2.60. The van der Waals surface area contributed by atoms with Crippen molar-refractivity contribution >= 4 is 0 Å². The molecule has 0 saturated carbocycles. The molecular formula is C5H4F3N2O. The molecule has 0 aromatic carbocycles. The van der Waals surface area contributed by atoms with Crippen molar-refractivity contribution in [1.82, 2.24) is 9.97 Å². The third kappa shape index (κ3) is 2.14. The third-order valence-corrected chi connectivity index (χ3v) is 0.891. The Hall–Kier alpha value is -1.20. The van der Waals surface area contributed by atoms with Crippen LogP contribution in [0.3, 0.4) is 0 Å². The summed E-state index contributed by atoms with van der Waals surface area (Å²) >= 11 is 0. The number of aromatic amines is 1. The van der Waals surface area contributed by atoms with Gasteiger partial charge < -0.3 is 9.72 Å². The van der Waals surface area contributed by atoms with Crippen LogP contribution in [0.4, 0.5) is 13.2 Å². The van der Waals surface area contributed by atoms with E-state index in [1.165, 1.54) is 0 Å². The molecule has 1 aromatic heterocycles. The van der Waals surface area contributed by atoms with Crippen LogP contribution in [-0.4, -0.2) is 16.3 Å². The van der Waals surface area contributed by atoms with E-state index in [4.69, 9.17) is 0 Å². The number of ether oxygens (including phenoxy) is 1. The molecule has 1 N–H and O–H groups in total. The summed E-state index contributed by atoms with van der Waals surface area (Å²) in [6.07, 6.45) is -3.63. The summed E-state index contributed by atoms with van der Waals surface area (Å²) in [7, 11) is 0. The summed E-state index contributed by atoms with van der Waals surface area (Å²) in [5.41, 5.74) is 0.00215. The highest BCUT2D eigenvalue weighted by atomic mass is 19.4. The highest BCUT2D eigenvalue weighted by Crippen LogP contribution is 2.22. The molecule has 61 valence electrons. The maximum absolute atomic E-state index is 11.5. The van der Waals surface area contributed by atoms with Crippen molar-refractivity contribution in [2.24, 2.45) is 0 Å². The monoisotopic (exact) mass is 165 g/mol. The quantitative estimate of drug-likeness (QED) is 0.684. The number of nitrogens with one attached hydrogen (secondary N) is 1. The van der Waals surface area contributed by atoms with Crippen molar-refractivity contribution in [3.8, 4) is 5.88 Å². The maximum atomic E-state index is 11.5. The fourth-order valence-corrected chi connectivity index (χ4v) is 0.506. The van der Waals surface area contributed by atoms with Crippen LogP contribution < -0.4 is 4.74 Å². The first kappa shape index (κ1) is 7.90. The Morgan fingerprint density at radius 2 is 2.18 bits per heavy atom. The van der Waals surface area contributed by atoms with E-state index < -0.39 is 12.2 Å². The molecule has 1 heterocycles. The van der Waals surface area contributed by atoms with Gasteiger partial charge in [0.05, 0.1) is 12.0 Å². The molecule has 1 rings (SSSR count). The topological polar surface area (TPSA) is 37.9 Å². The van der Waals surface area contributed by atoms with Gasteiger partial charge in [-0.3, -0.25) is 0 Å². The van der Waals surface area contributed by atoms with E-state index in [0.29, 0.717) is 0 Å². The van der Waals surface area contributed by atoms with Crippen molar-refractivity contribution in [3.05, 3.63) is 18.9 Å². The minimum absolute atomic E-state index is 0.00215. The van der Waals surface area contributed by atoms with E-state index >= 15 is 0 Å². The van der Waals surface area contributed by atoms with Crippen LogP contribution in [0.15, 0.2) is 6.33 Å². The Balaban J connectivity index is 2.72. The zero-order chi connectivity index (χ0) is 8.48. The number of hydrogen-bond donors (Lipinski definition) is 1. The van der Waals surface area contributed by atoms with Crippen molar-refractivity contribution < 1.29 is 17.9 Å². The molecule has 0 spiro atoms. The fraction of sp³-hybridized carbons (Fsp3) is 0.200. The second kappa shape index (κ2) is 2.44.